The second-order valence-electron chi connectivity index (χ2n) is 6.15. The van der Waals surface area contributed by atoms with Gasteiger partial charge < -0.3 is 4.90 Å². The van der Waals surface area contributed by atoms with E-state index in [4.69, 9.17) is 0 Å². The lowest BCUT2D eigenvalue weighted by Gasteiger charge is -2.36. The van der Waals surface area contributed by atoms with Crippen molar-refractivity contribution in [3.8, 4) is 0 Å². The summed E-state index contributed by atoms with van der Waals surface area (Å²) >= 11 is 0. The minimum atomic E-state index is -3.44. The monoisotopic (exact) mass is 325 g/mol. The zero-order valence-corrected chi connectivity index (χ0v) is 13.2. The second-order valence-corrected chi connectivity index (χ2v) is 8.38. The first-order valence-electron chi connectivity index (χ1n) is 7.77. The molecule has 2 fully saturated rings. The van der Waals surface area contributed by atoms with Gasteiger partial charge in [-0.2, -0.15) is 0 Å². The number of benzene rings is 1. The van der Waals surface area contributed by atoms with Gasteiger partial charge in [0, 0.05) is 19.0 Å². The highest BCUT2D eigenvalue weighted by molar-refractivity contribution is 7.92. The van der Waals surface area contributed by atoms with Crippen molar-refractivity contribution in [2.45, 2.75) is 42.2 Å². The van der Waals surface area contributed by atoms with E-state index >= 15 is 0 Å². The highest BCUT2D eigenvalue weighted by Crippen LogP contribution is 2.31. The molecule has 0 N–H and O–H groups in total. The molecule has 22 heavy (non-hydrogen) atoms. The van der Waals surface area contributed by atoms with Crippen LogP contribution >= 0.6 is 0 Å². The molecule has 6 heteroatoms. The van der Waals surface area contributed by atoms with Crippen molar-refractivity contribution in [3.05, 3.63) is 30.1 Å². The fourth-order valence-corrected chi connectivity index (χ4v) is 4.85. The van der Waals surface area contributed by atoms with Crippen molar-refractivity contribution in [2.75, 3.05) is 13.1 Å². The van der Waals surface area contributed by atoms with E-state index in [0.717, 1.165) is 19.3 Å². The Bertz CT molecular complexity index is 644. The van der Waals surface area contributed by atoms with Gasteiger partial charge in [0.15, 0.2) is 9.84 Å². The Balaban J connectivity index is 1.65. The Morgan fingerprint density at radius 1 is 1.05 bits per heavy atom. The average molecular weight is 325 g/mol. The van der Waals surface area contributed by atoms with E-state index in [1.807, 2.05) is 0 Å². The van der Waals surface area contributed by atoms with Gasteiger partial charge in [0.05, 0.1) is 10.1 Å². The van der Waals surface area contributed by atoms with E-state index < -0.39 is 20.9 Å². The largest absolute Gasteiger partial charge is 0.342 e. The van der Waals surface area contributed by atoms with Crippen LogP contribution in [0.4, 0.5) is 4.39 Å². The first kappa shape index (κ1) is 15.5. The lowest BCUT2D eigenvalue weighted by molar-refractivity contribution is -0.139. The van der Waals surface area contributed by atoms with Crippen molar-refractivity contribution >= 4 is 15.7 Å². The zero-order valence-electron chi connectivity index (χ0n) is 12.4. The van der Waals surface area contributed by atoms with Gasteiger partial charge in [0.25, 0.3) is 0 Å². The van der Waals surface area contributed by atoms with Crippen LogP contribution in [0.5, 0.6) is 0 Å². The van der Waals surface area contributed by atoms with Crippen LogP contribution in [0.15, 0.2) is 29.2 Å². The Hall–Kier alpha value is -1.43. The number of rotatable bonds is 3. The zero-order chi connectivity index (χ0) is 15.7. The lowest BCUT2D eigenvalue weighted by atomic mass is 9.84. The van der Waals surface area contributed by atoms with E-state index in [0.29, 0.717) is 25.9 Å². The minimum Gasteiger partial charge on any atom is -0.342 e. The molecular formula is C16H20FNO3S. The van der Waals surface area contributed by atoms with E-state index in [1.165, 1.54) is 24.3 Å². The number of halogens is 1. The molecule has 0 aromatic heterocycles. The highest BCUT2D eigenvalue weighted by Gasteiger charge is 2.35. The summed E-state index contributed by atoms with van der Waals surface area (Å²) in [6.07, 6.45) is 3.96. The maximum absolute atomic E-state index is 12.9. The van der Waals surface area contributed by atoms with Crippen molar-refractivity contribution in [1.82, 2.24) is 4.90 Å². The van der Waals surface area contributed by atoms with Crippen LogP contribution in [0.25, 0.3) is 0 Å². The number of nitrogens with zero attached hydrogens (tertiary/aromatic N) is 1. The third kappa shape index (κ3) is 2.89. The molecule has 1 aromatic rings. The van der Waals surface area contributed by atoms with E-state index in [1.54, 1.807) is 4.90 Å². The van der Waals surface area contributed by atoms with E-state index in [9.17, 15) is 17.6 Å². The summed E-state index contributed by atoms with van der Waals surface area (Å²) < 4.78 is 38.0. The Morgan fingerprint density at radius 3 is 2.14 bits per heavy atom. The van der Waals surface area contributed by atoms with Crippen LogP contribution in [-0.2, 0) is 14.6 Å². The van der Waals surface area contributed by atoms with Crippen molar-refractivity contribution < 1.29 is 17.6 Å². The average Bonchev–Trinajstić information content (AvgIpc) is 2.46. The van der Waals surface area contributed by atoms with Crippen LogP contribution in [0.2, 0.25) is 0 Å². The van der Waals surface area contributed by atoms with Crippen LogP contribution in [0.1, 0.15) is 32.1 Å². The summed E-state index contributed by atoms with van der Waals surface area (Å²) in [6, 6.07) is 4.97. The predicted molar refractivity (Wildman–Crippen MR) is 80.5 cm³/mol. The molecule has 0 radical (unpaired) electrons. The predicted octanol–water partition coefficient (Wildman–Crippen LogP) is 2.39. The lowest BCUT2D eigenvalue weighted by Crippen LogP contribution is -2.46. The SMILES string of the molecule is O=C(C1CCC1)N1CCC(S(=O)(=O)c2ccc(F)cc2)CC1. The molecule has 1 aromatic carbocycles. The molecule has 0 bridgehead atoms. The molecule has 0 spiro atoms. The maximum atomic E-state index is 12.9. The topological polar surface area (TPSA) is 54.5 Å². The van der Waals surface area contributed by atoms with Crippen molar-refractivity contribution in [2.24, 2.45) is 5.92 Å². The van der Waals surface area contributed by atoms with E-state index in [2.05, 4.69) is 0 Å². The molecule has 1 amide bonds. The molecule has 3 rings (SSSR count). The Labute approximate surface area is 130 Å². The Kier molecular flexibility index (Phi) is 4.21. The standard InChI is InChI=1S/C16H20FNO3S/c17-13-4-6-14(7-5-13)22(20,21)15-8-10-18(11-9-15)16(19)12-2-1-3-12/h4-7,12,15H,1-3,8-11H2. The third-order valence-corrected chi connectivity index (χ3v) is 7.07. The first-order chi connectivity index (χ1) is 10.5. The number of carbonyl (C=O) groups is 1. The van der Waals surface area contributed by atoms with Gasteiger partial charge in [0.1, 0.15) is 5.82 Å². The quantitative estimate of drug-likeness (QED) is 0.802. The number of amides is 1. The van der Waals surface area contributed by atoms with Gasteiger partial charge in [-0.25, -0.2) is 12.8 Å². The highest BCUT2D eigenvalue weighted by atomic mass is 32.2. The molecular weight excluding hydrogens is 305 g/mol. The molecule has 1 saturated heterocycles. The van der Waals surface area contributed by atoms with Gasteiger partial charge in [-0.3, -0.25) is 4.79 Å². The summed E-state index contributed by atoms with van der Waals surface area (Å²) in [4.78, 5) is 14.1. The Morgan fingerprint density at radius 2 is 1.64 bits per heavy atom. The van der Waals surface area contributed by atoms with Crippen LogP contribution in [0, 0.1) is 11.7 Å². The van der Waals surface area contributed by atoms with Gasteiger partial charge in [0.2, 0.25) is 5.91 Å². The van der Waals surface area contributed by atoms with Crippen LogP contribution < -0.4 is 0 Å². The van der Waals surface area contributed by atoms with Crippen LogP contribution in [-0.4, -0.2) is 37.6 Å². The number of sulfone groups is 1. The molecule has 1 saturated carbocycles. The van der Waals surface area contributed by atoms with Gasteiger partial charge >= 0.3 is 0 Å². The summed E-state index contributed by atoms with van der Waals surface area (Å²) in [5.41, 5.74) is 0. The van der Waals surface area contributed by atoms with Gasteiger partial charge in [-0.15, -0.1) is 0 Å². The molecule has 1 aliphatic carbocycles. The second kappa shape index (κ2) is 5.99. The number of likely N-dealkylation sites (tertiary alicyclic amines) is 1. The van der Waals surface area contributed by atoms with Crippen molar-refractivity contribution in [1.29, 1.82) is 0 Å². The molecule has 1 heterocycles. The van der Waals surface area contributed by atoms with Gasteiger partial charge in [-0.05, 0) is 49.9 Å². The molecule has 2 aliphatic rings. The first-order valence-corrected chi connectivity index (χ1v) is 9.31. The molecule has 4 nitrogen and oxygen atoms in total. The number of piperidine rings is 1. The minimum absolute atomic E-state index is 0.158. The van der Waals surface area contributed by atoms with Crippen LogP contribution in [0.3, 0.4) is 0 Å². The third-order valence-electron chi connectivity index (χ3n) is 4.79. The van der Waals surface area contributed by atoms with Gasteiger partial charge in [-0.1, -0.05) is 6.42 Å². The van der Waals surface area contributed by atoms with Crippen molar-refractivity contribution in [3.63, 3.8) is 0 Å². The molecule has 1 aliphatic heterocycles. The summed E-state index contributed by atoms with van der Waals surface area (Å²) in [5, 5.41) is -0.483. The fourth-order valence-electron chi connectivity index (χ4n) is 3.12. The number of hydrogen-bond donors (Lipinski definition) is 0. The fraction of sp³-hybridized carbons (Fsp3) is 0.562. The normalized spacial score (nSPS) is 20.7. The molecule has 120 valence electrons. The maximum Gasteiger partial charge on any atom is 0.225 e. The van der Waals surface area contributed by atoms with E-state index in [-0.39, 0.29) is 16.7 Å². The summed E-state index contributed by atoms with van der Waals surface area (Å²) in [7, 11) is -3.44. The summed E-state index contributed by atoms with van der Waals surface area (Å²) in [5.74, 6) is -0.103. The smallest absolute Gasteiger partial charge is 0.225 e. The molecule has 0 atom stereocenters. The molecule has 0 unspecified atom stereocenters. The number of hydrogen-bond acceptors (Lipinski definition) is 3. The summed E-state index contributed by atoms with van der Waals surface area (Å²) in [6.45, 7) is 1.00. The number of carbonyl (C=O) groups excluding carboxylic acids is 1.